The zero-order chi connectivity index (χ0) is 15.0. The van der Waals surface area contributed by atoms with Gasteiger partial charge in [0, 0.05) is 5.56 Å². The third-order valence-electron chi connectivity index (χ3n) is 4.65. The molecule has 2 saturated heterocycles. The predicted molar refractivity (Wildman–Crippen MR) is 74.9 cm³/mol. The van der Waals surface area contributed by atoms with Crippen molar-refractivity contribution in [1.29, 1.82) is 0 Å². The Kier molecular flexibility index (Phi) is 3.78. The Bertz CT molecular complexity index is 530. The number of aliphatic hydroxyl groups excluding tert-OH is 1. The molecule has 0 aromatic heterocycles. The smallest absolute Gasteiger partial charge is 0.237 e. The zero-order valence-corrected chi connectivity index (χ0v) is 11.9. The van der Waals surface area contributed by atoms with Gasteiger partial charge in [0.05, 0.1) is 18.1 Å². The summed E-state index contributed by atoms with van der Waals surface area (Å²) in [5.41, 5.74) is 0.523. The molecule has 2 fully saturated rings. The van der Waals surface area contributed by atoms with Gasteiger partial charge in [0.1, 0.15) is 0 Å². The van der Waals surface area contributed by atoms with Crippen molar-refractivity contribution in [3.63, 3.8) is 0 Å². The first-order valence-electron chi connectivity index (χ1n) is 7.29. The van der Waals surface area contributed by atoms with Crippen LogP contribution >= 0.6 is 0 Å². The highest BCUT2D eigenvalue weighted by Crippen LogP contribution is 2.44. The van der Waals surface area contributed by atoms with E-state index < -0.39 is 6.23 Å². The van der Waals surface area contributed by atoms with E-state index in [1.165, 1.54) is 0 Å². The first kappa shape index (κ1) is 14.2. The standard InChI is InChI=1S/C16H19NO4/c1-10-12-7-8-13(21-12)14(10)16(20)17(9-18)15(19)11-5-3-2-4-6-11/h2-6,9-10,12-15,19H,7-8H2,1H3/t10-,12?,13?,14-,15-/m1/s1. The quantitative estimate of drug-likeness (QED) is 0.673. The minimum absolute atomic E-state index is 0.0849. The Hall–Kier alpha value is -1.72. The number of carbonyl (C=O) groups is 2. The molecular formula is C16H19NO4. The molecular weight excluding hydrogens is 270 g/mol. The number of amides is 2. The molecule has 2 aliphatic heterocycles. The van der Waals surface area contributed by atoms with Gasteiger partial charge in [0.2, 0.25) is 12.3 Å². The van der Waals surface area contributed by atoms with Crippen LogP contribution in [0.5, 0.6) is 0 Å². The van der Waals surface area contributed by atoms with Crippen molar-refractivity contribution in [2.45, 2.75) is 38.2 Å². The van der Waals surface area contributed by atoms with Crippen LogP contribution < -0.4 is 0 Å². The lowest BCUT2D eigenvalue weighted by atomic mass is 9.79. The van der Waals surface area contributed by atoms with Crippen molar-refractivity contribution in [3.8, 4) is 0 Å². The second-order valence-electron chi connectivity index (χ2n) is 5.81. The van der Waals surface area contributed by atoms with E-state index in [9.17, 15) is 14.7 Å². The minimum atomic E-state index is -1.25. The summed E-state index contributed by atoms with van der Waals surface area (Å²) >= 11 is 0. The topological polar surface area (TPSA) is 66.8 Å². The molecule has 0 spiro atoms. The van der Waals surface area contributed by atoms with E-state index in [0.717, 1.165) is 17.7 Å². The molecule has 2 bridgehead atoms. The molecule has 112 valence electrons. The molecule has 21 heavy (non-hydrogen) atoms. The van der Waals surface area contributed by atoms with Gasteiger partial charge in [-0.25, -0.2) is 0 Å². The van der Waals surface area contributed by atoms with E-state index in [1.807, 2.05) is 13.0 Å². The zero-order valence-electron chi connectivity index (χ0n) is 11.9. The SMILES string of the molecule is C[C@@H]1C2CCC(O2)[C@@H]1C(=O)N(C=O)[C@H](O)c1ccccc1. The van der Waals surface area contributed by atoms with E-state index in [-0.39, 0.29) is 30.0 Å². The molecule has 2 aliphatic rings. The lowest BCUT2D eigenvalue weighted by Crippen LogP contribution is -2.44. The molecule has 0 saturated carbocycles. The first-order valence-corrected chi connectivity index (χ1v) is 7.29. The molecule has 1 aromatic carbocycles. The average Bonchev–Trinajstić information content (AvgIpc) is 3.09. The van der Waals surface area contributed by atoms with Crippen molar-refractivity contribution in [2.24, 2.45) is 11.8 Å². The van der Waals surface area contributed by atoms with Crippen molar-refractivity contribution >= 4 is 12.3 Å². The third kappa shape index (κ3) is 2.36. The fraction of sp³-hybridized carbons (Fsp3) is 0.500. The van der Waals surface area contributed by atoms with Crippen LogP contribution in [0.3, 0.4) is 0 Å². The maximum absolute atomic E-state index is 12.6. The number of aliphatic hydroxyl groups is 1. The number of hydrogen-bond acceptors (Lipinski definition) is 4. The Labute approximate surface area is 123 Å². The second kappa shape index (κ2) is 5.58. The summed E-state index contributed by atoms with van der Waals surface area (Å²) in [6.45, 7) is 1.98. The van der Waals surface area contributed by atoms with Gasteiger partial charge in [-0.05, 0) is 18.8 Å². The van der Waals surface area contributed by atoms with Crippen LogP contribution in [0.15, 0.2) is 30.3 Å². The monoisotopic (exact) mass is 289 g/mol. The maximum Gasteiger partial charge on any atom is 0.237 e. The van der Waals surface area contributed by atoms with Gasteiger partial charge in [-0.3, -0.25) is 14.5 Å². The summed E-state index contributed by atoms with van der Waals surface area (Å²) < 4.78 is 5.75. The van der Waals surface area contributed by atoms with Crippen LogP contribution in [0, 0.1) is 11.8 Å². The Balaban J connectivity index is 1.80. The summed E-state index contributed by atoms with van der Waals surface area (Å²) in [6.07, 6.45) is 0.965. The van der Waals surface area contributed by atoms with Crippen molar-refractivity contribution in [3.05, 3.63) is 35.9 Å². The van der Waals surface area contributed by atoms with Gasteiger partial charge >= 0.3 is 0 Å². The lowest BCUT2D eigenvalue weighted by Gasteiger charge is -2.30. The number of imide groups is 1. The Morgan fingerprint density at radius 2 is 2.00 bits per heavy atom. The van der Waals surface area contributed by atoms with E-state index in [1.54, 1.807) is 24.3 Å². The van der Waals surface area contributed by atoms with Crippen LogP contribution in [0.2, 0.25) is 0 Å². The van der Waals surface area contributed by atoms with E-state index in [0.29, 0.717) is 12.0 Å². The largest absolute Gasteiger partial charge is 0.374 e. The van der Waals surface area contributed by atoms with Crippen LogP contribution in [0.25, 0.3) is 0 Å². The van der Waals surface area contributed by atoms with E-state index >= 15 is 0 Å². The fourth-order valence-electron chi connectivity index (χ4n) is 3.48. The summed E-state index contributed by atoms with van der Waals surface area (Å²) in [5, 5.41) is 10.3. The van der Waals surface area contributed by atoms with Gasteiger partial charge in [-0.2, -0.15) is 0 Å². The Morgan fingerprint density at radius 1 is 1.33 bits per heavy atom. The Morgan fingerprint density at radius 3 is 2.57 bits per heavy atom. The second-order valence-corrected chi connectivity index (χ2v) is 5.81. The predicted octanol–water partition coefficient (Wildman–Crippen LogP) is 1.48. The number of ether oxygens (including phenoxy) is 1. The van der Waals surface area contributed by atoms with Gasteiger partial charge < -0.3 is 9.84 Å². The molecule has 2 amide bonds. The van der Waals surface area contributed by atoms with Crippen LogP contribution in [-0.2, 0) is 14.3 Å². The minimum Gasteiger partial charge on any atom is -0.374 e. The highest BCUT2D eigenvalue weighted by molar-refractivity contribution is 5.89. The van der Waals surface area contributed by atoms with Crippen molar-refractivity contribution in [1.82, 2.24) is 4.90 Å². The molecule has 5 heteroatoms. The molecule has 5 nitrogen and oxygen atoms in total. The molecule has 1 aromatic rings. The molecule has 0 radical (unpaired) electrons. The van der Waals surface area contributed by atoms with E-state index in [2.05, 4.69) is 0 Å². The van der Waals surface area contributed by atoms with Gasteiger partial charge in [-0.15, -0.1) is 0 Å². The highest BCUT2D eigenvalue weighted by Gasteiger charge is 2.51. The van der Waals surface area contributed by atoms with Gasteiger partial charge in [0.15, 0.2) is 6.23 Å². The first-order chi connectivity index (χ1) is 10.1. The molecule has 2 heterocycles. The van der Waals surface area contributed by atoms with Crippen LogP contribution in [0.4, 0.5) is 0 Å². The number of hydrogen-bond donors (Lipinski definition) is 1. The van der Waals surface area contributed by atoms with Crippen molar-refractivity contribution < 1.29 is 19.4 Å². The fourth-order valence-corrected chi connectivity index (χ4v) is 3.48. The molecule has 1 N–H and O–H groups in total. The number of benzene rings is 1. The maximum atomic E-state index is 12.6. The molecule has 2 unspecified atom stereocenters. The molecule has 3 rings (SSSR count). The number of carbonyl (C=O) groups excluding carboxylic acids is 2. The number of nitrogens with zero attached hydrogens (tertiary/aromatic N) is 1. The molecule has 5 atom stereocenters. The highest BCUT2D eigenvalue weighted by atomic mass is 16.5. The van der Waals surface area contributed by atoms with Gasteiger partial charge in [-0.1, -0.05) is 37.3 Å². The number of rotatable bonds is 4. The average molecular weight is 289 g/mol. The number of fused-ring (bicyclic) bond motifs is 2. The summed E-state index contributed by atoms with van der Waals surface area (Å²) in [4.78, 5) is 24.9. The lowest BCUT2D eigenvalue weighted by molar-refractivity contribution is -0.154. The summed E-state index contributed by atoms with van der Waals surface area (Å²) in [7, 11) is 0. The van der Waals surface area contributed by atoms with E-state index in [4.69, 9.17) is 4.74 Å². The summed E-state index contributed by atoms with van der Waals surface area (Å²) in [6, 6.07) is 8.71. The normalized spacial score (nSPS) is 31.9. The summed E-state index contributed by atoms with van der Waals surface area (Å²) in [5.74, 6) is -0.602. The third-order valence-corrected chi connectivity index (χ3v) is 4.65. The van der Waals surface area contributed by atoms with Crippen LogP contribution in [0.1, 0.15) is 31.6 Å². The van der Waals surface area contributed by atoms with Gasteiger partial charge in [0.25, 0.3) is 0 Å². The van der Waals surface area contributed by atoms with Crippen molar-refractivity contribution in [2.75, 3.05) is 0 Å². The molecule has 0 aliphatic carbocycles. The van der Waals surface area contributed by atoms with Crippen LogP contribution in [-0.4, -0.2) is 34.5 Å².